The third-order valence-corrected chi connectivity index (χ3v) is 3.07. The number of nitriles is 1. The van der Waals surface area contributed by atoms with Crippen LogP contribution in [0.25, 0.3) is 11.1 Å². The highest BCUT2D eigenvalue weighted by Crippen LogP contribution is 2.29. The Morgan fingerprint density at radius 1 is 1.37 bits per heavy atom. The van der Waals surface area contributed by atoms with E-state index in [4.69, 9.17) is 5.26 Å². The lowest BCUT2D eigenvalue weighted by atomic mass is 10.0. The van der Waals surface area contributed by atoms with Crippen LogP contribution in [0.3, 0.4) is 0 Å². The topological polar surface area (TPSA) is 41.6 Å². The molecule has 0 saturated heterocycles. The first-order chi connectivity index (χ1) is 8.90. The second kappa shape index (κ2) is 5.05. The van der Waals surface area contributed by atoms with E-state index >= 15 is 0 Å². The van der Waals surface area contributed by atoms with E-state index in [1.165, 1.54) is 12.4 Å². The number of hydrogen-bond donors (Lipinski definition) is 0. The molecule has 0 amide bonds. The lowest BCUT2D eigenvalue weighted by Gasteiger charge is -2.05. The van der Waals surface area contributed by atoms with E-state index in [9.17, 15) is 13.2 Å². The summed E-state index contributed by atoms with van der Waals surface area (Å²) >= 11 is 3.23. The van der Waals surface area contributed by atoms with Crippen LogP contribution < -0.4 is 0 Å². The average molecular weight is 330 g/mol. The van der Waals surface area contributed by atoms with Crippen LogP contribution in [0.4, 0.5) is 13.2 Å². The first-order valence-corrected chi connectivity index (χ1v) is 5.98. The molecule has 1 aromatic carbocycles. The van der Waals surface area contributed by atoms with Gasteiger partial charge in [0.15, 0.2) is 0 Å². The van der Waals surface area contributed by atoms with Gasteiger partial charge in [0.2, 0.25) is 0 Å². The van der Waals surface area contributed by atoms with Crippen molar-refractivity contribution in [3.8, 4) is 17.2 Å². The predicted molar refractivity (Wildman–Crippen MR) is 66.1 cm³/mol. The minimum absolute atomic E-state index is 0.369. The highest BCUT2D eigenvalue weighted by molar-refractivity contribution is 9.10. The first kappa shape index (κ1) is 13.6. The van der Waals surface area contributed by atoms with Crippen LogP contribution in [0.5, 0.6) is 0 Å². The second-order valence-corrected chi connectivity index (χ2v) is 4.67. The summed E-state index contributed by atoms with van der Waals surface area (Å²) in [4.78, 5) is 0. The van der Waals surface area contributed by atoms with Gasteiger partial charge < -0.3 is 0 Å². The standard InChI is InChI=1S/C12H7BrF3N3/c13-11-3-1-2-9(10(11)4-17)8-5-18-19(6-8)7-12(14,15)16/h1-3,5-6H,7H2. The van der Waals surface area contributed by atoms with Gasteiger partial charge in [-0.2, -0.15) is 23.5 Å². The number of benzene rings is 1. The van der Waals surface area contributed by atoms with Crippen molar-refractivity contribution in [2.45, 2.75) is 12.7 Å². The van der Waals surface area contributed by atoms with Crippen molar-refractivity contribution in [2.75, 3.05) is 0 Å². The monoisotopic (exact) mass is 329 g/mol. The average Bonchev–Trinajstić information content (AvgIpc) is 2.74. The number of rotatable bonds is 2. The molecule has 0 bridgehead atoms. The van der Waals surface area contributed by atoms with Crippen molar-refractivity contribution in [1.82, 2.24) is 9.78 Å². The van der Waals surface area contributed by atoms with Gasteiger partial charge in [0.05, 0.1) is 11.8 Å². The molecule has 1 heterocycles. The normalized spacial score (nSPS) is 11.3. The molecular formula is C12H7BrF3N3. The van der Waals surface area contributed by atoms with Gasteiger partial charge in [-0.1, -0.05) is 12.1 Å². The highest BCUT2D eigenvalue weighted by Gasteiger charge is 2.28. The maximum Gasteiger partial charge on any atom is 0.408 e. The zero-order chi connectivity index (χ0) is 14.0. The van der Waals surface area contributed by atoms with Gasteiger partial charge in [-0.15, -0.1) is 0 Å². The van der Waals surface area contributed by atoms with Crippen molar-refractivity contribution >= 4 is 15.9 Å². The predicted octanol–water partition coefficient (Wildman–Crippen LogP) is 3.75. The van der Waals surface area contributed by atoms with E-state index in [0.717, 1.165) is 4.68 Å². The molecule has 0 aliphatic heterocycles. The summed E-state index contributed by atoms with van der Waals surface area (Å²) in [5.74, 6) is 0. The van der Waals surface area contributed by atoms with Gasteiger partial charge in [-0.05, 0) is 22.0 Å². The smallest absolute Gasteiger partial charge is 0.263 e. The molecule has 19 heavy (non-hydrogen) atoms. The van der Waals surface area contributed by atoms with Gasteiger partial charge >= 0.3 is 6.18 Å². The molecule has 0 N–H and O–H groups in total. The van der Waals surface area contributed by atoms with Crippen LogP contribution in [-0.2, 0) is 6.54 Å². The molecule has 0 radical (unpaired) electrons. The van der Waals surface area contributed by atoms with Crippen LogP contribution in [0, 0.1) is 11.3 Å². The largest absolute Gasteiger partial charge is 0.408 e. The van der Waals surface area contributed by atoms with Crippen molar-refractivity contribution in [1.29, 1.82) is 5.26 Å². The highest BCUT2D eigenvalue weighted by atomic mass is 79.9. The Balaban J connectivity index is 2.39. The fourth-order valence-corrected chi connectivity index (χ4v) is 2.11. The molecule has 98 valence electrons. The molecule has 7 heteroatoms. The van der Waals surface area contributed by atoms with Gasteiger partial charge in [-0.25, -0.2) is 0 Å². The maximum atomic E-state index is 12.2. The van der Waals surface area contributed by atoms with Crippen molar-refractivity contribution in [2.24, 2.45) is 0 Å². The van der Waals surface area contributed by atoms with E-state index in [2.05, 4.69) is 21.0 Å². The molecule has 0 aliphatic rings. The van der Waals surface area contributed by atoms with Crippen molar-refractivity contribution in [3.63, 3.8) is 0 Å². The van der Waals surface area contributed by atoms with E-state index in [1.54, 1.807) is 18.2 Å². The fraction of sp³-hybridized carbons (Fsp3) is 0.167. The Bertz CT molecular complexity index is 640. The Hall–Kier alpha value is -1.81. The number of aromatic nitrogens is 2. The summed E-state index contributed by atoms with van der Waals surface area (Å²) in [7, 11) is 0. The van der Waals surface area contributed by atoms with Crippen molar-refractivity contribution < 1.29 is 13.2 Å². The summed E-state index contributed by atoms with van der Waals surface area (Å²) in [6, 6.07) is 7.08. The van der Waals surface area contributed by atoms with Crippen LogP contribution in [-0.4, -0.2) is 16.0 Å². The number of halogens is 4. The van der Waals surface area contributed by atoms with E-state index in [-0.39, 0.29) is 0 Å². The van der Waals surface area contributed by atoms with Gasteiger partial charge in [0, 0.05) is 21.8 Å². The zero-order valence-electron chi connectivity index (χ0n) is 9.45. The molecular weight excluding hydrogens is 323 g/mol. The molecule has 1 aromatic heterocycles. The quantitative estimate of drug-likeness (QED) is 0.842. The Kier molecular flexibility index (Phi) is 3.62. The van der Waals surface area contributed by atoms with Crippen LogP contribution in [0.2, 0.25) is 0 Å². The first-order valence-electron chi connectivity index (χ1n) is 5.19. The molecule has 3 nitrogen and oxygen atoms in total. The zero-order valence-corrected chi connectivity index (χ0v) is 11.0. The third kappa shape index (κ3) is 3.15. The molecule has 0 spiro atoms. The number of hydrogen-bond acceptors (Lipinski definition) is 2. The second-order valence-electron chi connectivity index (χ2n) is 3.82. The lowest BCUT2D eigenvalue weighted by molar-refractivity contribution is -0.142. The third-order valence-electron chi connectivity index (χ3n) is 2.41. The lowest BCUT2D eigenvalue weighted by Crippen LogP contribution is -2.17. The maximum absolute atomic E-state index is 12.2. The number of alkyl halides is 3. The summed E-state index contributed by atoms with van der Waals surface area (Å²) in [6.07, 6.45) is -1.73. The van der Waals surface area contributed by atoms with E-state index in [1.807, 2.05) is 6.07 Å². The molecule has 0 aliphatic carbocycles. The summed E-state index contributed by atoms with van der Waals surface area (Å²) in [5.41, 5.74) is 1.39. The Labute approximate surface area is 115 Å². The fourth-order valence-electron chi connectivity index (χ4n) is 1.65. The summed E-state index contributed by atoms with van der Waals surface area (Å²) in [5, 5.41) is 12.7. The number of nitrogens with zero attached hydrogens (tertiary/aromatic N) is 3. The molecule has 2 rings (SSSR count). The summed E-state index contributed by atoms with van der Waals surface area (Å²) in [6.45, 7) is -1.15. The minimum Gasteiger partial charge on any atom is -0.263 e. The van der Waals surface area contributed by atoms with Crippen LogP contribution in [0.15, 0.2) is 35.1 Å². The molecule has 2 aromatic rings. The molecule has 0 fully saturated rings. The van der Waals surface area contributed by atoms with E-state index in [0.29, 0.717) is 21.2 Å². The Morgan fingerprint density at radius 2 is 2.11 bits per heavy atom. The SMILES string of the molecule is N#Cc1c(Br)cccc1-c1cnn(CC(F)(F)F)c1. The molecule has 0 saturated carbocycles. The van der Waals surface area contributed by atoms with E-state index < -0.39 is 12.7 Å². The van der Waals surface area contributed by atoms with Gasteiger partial charge in [0.1, 0.15) is 12.6 Å². The summed E-state index contributed by atoms with van der Waals surface area (Å²) < 4.78 is 38.1. The Morgan fingerprint density at radius 3 is 2.74 bits per heavy atom. The van der Waals surface area contributed by atoms with Gasteiger partial charge in [-0.3, -0.25) is 4.68 Å². The molecule has 0 atom stereocenters. The van der Waals surface area contributed by atoms with Crippen LogP contribution >= 0.6 is 15.9 Å². The molecule has 0 unspecified atom stereocenters. The minimum atomic E-state index is -4.32. The van der Waals surface area contributed by atoms with Gasteiger partial charge in [0.25, 0.3) is 0 Å². The van der Waals surface area contributed by atoms with Crippen LogP contribution in [0.1, 0.15) is 5.56 Å². The van der Waals surface area contributed by atoms with Crippen molar-refractivity contribution in [3.05, 3.63) is 40.6 Å².